The van der Waals surface area contributed by atoms with E-state index in [4.69, 9.17) is 14.7 Å². The van der Waals surface area contributed by atoms with Crippen LogP contribution < -0.4 is 10.1 Å². The molecule has 1 aliphatic rings. The van der Waals surface area contributed by atoms with E-state index < -0.39 is 0 Å². The molecule has 0 saturated carbocycles. The Balaban J connectivity index is 1.72. The average Bonchev–Trinajstić information content (AvgIpc) is 2.99. The molecule has 4 heterocycles. The monoisotopic (exact) mass is 309 g/mol. The van der Waals surface area contributed by atoms with E-state index in [0.29, 0.717) is 18.9 Å². The largest absolute Gasteiger partial charge is 0.490 e. The van der Waals surface area contributed by atoms with Crippen LogP contribution in [0.1, 0.15) is 5.69 Å². The van der Waals surface area contributed by atoms with Crippen molar-refractivity contribution in [3.63, 3.8) is 0 Å². The lowest BCUT2D eigenvalue weighted by Gasteiger charge is -2.23. The third-order valence-electron chi connectivity index (χ3n) is 3.88. The minimum atomic E-state index is 0.0357. The molecule has 4 rings (SSSR count). The summed E-state index contributed by atoms with van der Waals surface area (Å²) in [6, 6.07) is 5.65. The van der Waals surface area contributed by atoms with Crippen molar-refractivity contribution in [1.82, 2.24) is 20.3 Å². The van der Waals surface area contributed by atoms with Crippen molar-refractivity contribution in [2.45, 2.75) is 6.10 Å². The minimum Gasteiger partial charge on any atom is -0.490 e. The summed E-state index contributed by atoms with van der Waals surface area (Å²) in [4.78, 5) is 11.6. The lowest BCUT2D eigenvalue weighted by Crippen LogP contribution is -2.41. The van der Waals surface area contributed by atoms with Gasteiger partial charge in [-0.3, -0.25) is 0 Å². The van der Waals surface area contributed by atoms with E-state index in [1.54, 1.807) is 18.5 Å². The summed E-state index contributed by atoms with van der Waals surface area (Å²) in [5, 5.41) is 14.1. The van der Waals surface area contributed by atoms with Gasteiger partial charge in [-0.1, -0.05) is 0 Å². The fourth-order valence-corrected chi connectivity index (χ4v) is 2.78. The molecule has 1 aliphatic heterocycles. The third-order valence-corrected chi connectivity index (χ3v) is 3.88. The molecule has 0 radical (unpaired) electrons. The number of ether oxygens (including phenoxy) is 2. The van der Waals surface area contributed by atoms with E-state index in [2.05, 4.69) is 26.3 Å². The van der Waals surface area contributed by atoms with Crippen molar-refractivity contribution >= 4 is 21.9 Å². The molecular formula is C16H15N5O2. The summed E-state index contributed by atoms with van der Waals surface area (Å²) >= 11 is 0. The van der Waals surface area contributed by atoms with Crippen LogP contribution >= 0.6 is 0 Å². The summed E-state index contributed by atoms with van der Waals surface area (Å²) in [5.74, 6) is 0.727. The molecule has 2 N–H and O–H groups in total. The molecule has 23 heavy (non-hydrogen) atoms. The number of H-pyrrole nitrogens is 1. The first kappa shape index (κ1) is 13.9. The van der Waals surface area contributed by atoms with Crippen molar-refractivity contribution in [2.75, 3.05) is 26.3 Å². The van der Waals surface area contributed by atoms with Gasteiger partial charge in [0.1, 0.15) is 35.9 Å². The lowest BCUT2D eigenvalue weighted by atomic mass is 10.2. The normalized spacial score (nSPS) is 18.1. The second-order valence-corrected chi connectivity index (χ2v) is 5.39. The third kappa shape index (κ3) is 2.59. The summed E-state index contributed by atoms with van der Waals surface area (Å²) < 4.78 is 11.6. The zero-order valence-electron chi connectivity index (χ0n) is 12.4. The molecule has 7 nitrogen and oxygen atoms in total. The number of hydrogen-bond acceptors (Lipinski definition) is 6. The summed E-state index contributed by atoms with van der Waals surface area (Å²) in [5.41, 5.74) is 1.92. The van der Waals surface area contributed by atoms with Gasteiger partial charge >= 0.3 is 0 Å². The molecular weight excluding hydrogens is 294 g/mol. The van der Waals surface area contributed by atoms with Gasteiger partial charge in [0.2, 0.25) is 0 Å². The van der Waals surface area contributed by atoms with Gasteiger partial charge in [-0.2, -0.15) is 5.26 Å². The molecule has 3 aromatic rings. The van der Waals surface area contributed by atoms with Crippen LogP contribution in [0, 0.1) is 11.3 Å². The van der Waals surface area contributed by atoms with Gasteiger partial charge < -0.3 is 19.8 Å². The molecule has 7 heteroatoms. The second kappa shape index (κ2) is 5.83. The predicted molar refractivity (Wildman–Crippen MR) is 84.2 cm³/mol. The van der Waals surface area contributed by atoms with Crippen LogP contribution in [0.25, 0.3) is 21.9 Å². The Hall–Kier alpha value is -2.69. The van der Waals surface area contributed by atoms with Crippen LogP contribution in [0.5, 0.6) is 5.75 Å². The highest BCUT2D eigenvalue weighted by molar-refractivity contribution is 6.09. The maximum atomic E-state index is 9.06. The zero-order valence-corrected chi connectivity index (χ0v) is 12.4. The van der Waals surface area contributed by atoms with Gasteiger partial charge in [0.25, 0.3) is 0 Å². The van der Waals surface area contributed by atoms with Gasteiger partial charge in [-0.05, 0) is 12.1 Å². The molecule has 1 atom stereocenters. The first-order valence-corrected chi connectivity index (χ1v) is 7.47. The SMILES string of the molecule is N#Cc1cc2c(cn1)[nH]c1nccc(OCC3CNCCO3)c12. The number of nitrogens with one attached hydrogen (secondary N) is 2. The van der Waals surface area contributed by atoms with Gasteiger partial charge in [0, 0.05) is 24.7 Å². The van der Waals surface area contributed by atoms with E-state index in [-0.39, 0.29) is 6.10 Å². The number of nitrogens with zero attached hydrogens (tertiary/aromatic N) is 3. The van der Waals surface area contributed by atoms with Crippen molar-refractivity contribution in [3.05, 3.63) is 30.2 Å². The molecule has 1 fully saturated rings. The van der Waals surface area contributed by atoms with E-state index in [9.17, 15) is 0 Å². The number of aromatic nitrogens is 3. The highest BCUT2D eigenvalue weighted by Gasteiger charge is 2.16. The van der Waals surface area contributed by atoms with Gasteiger partial charge in [-0.25, -0.2) is 9.97 Å². The molecule has 0 bridgehead atoms. The Morgan fingerprint density at radius 3 is 3.22 bits per heavy atom. The van der Waals surface area contributed by atoms with Gasteiger partial charge in [-0.15, -0.1) is 0 Å². The lowest BCUT2D eigenvalue weighted by molar-refractivity contribution is 0.000515. The smallest absolute Gasteiger partial charge is 0.142 e. The Morgan fingerprint density at radius 2 is 2.39 bits per heavy atom. The highest BCUT2D eigenvalue weighted by Crippen LogP contribution is 2.32. The first-order valence-electron chi connectivity index (χ1n) is 7.47. The topological polar surface area (TPSA) is 95.9 Å². The number of hydrogen-bond donors (Lipinski definition) is 2. The highest BCUT2D eigenvalue weighted by atomic mass is 16.5. The molecule has 116 valence electrons. The number of morpholine rings is 1. The fraction of sp³-hybridized carbons (Fsp3) is 0.312. The van der Waals surface area contributed by atoms with Crippen LogP contribution in [-0.4, -0.2) is 47.4 Å². The maximum Gasteiger partial charge on any atom is 0.142 e. The van der Waals surface area contributed by atoms with E-state index in [1.165, 1.54) is 0 Å². The number of pyridine rings is 2. The van der Waals surface area contributed by atoms with Gasteiger partial charge in [0.05, 0.1) is 23.7 Å². The molecule has 0 spiro atoms. The van der Waals surface area contributed by atoms with Crippen LogP contribution in [-0.2, 0) is 4.74 Å². The molecule has 0 amide bonds. The Labute approximate surface area is 132 Å². The van der Waals surface area contributed by atoms with Crippen molar-refractivity contribution in [3.8, 4) is 11.8 Å². The number of fused-ring (bicyclic) bond motifs is 3. The van der Waals surface area contributed by atoms with E-state index >= 15 is 0 Å². The van der Waals surface area contributed by atoms with Crippen molar-refractivity contribution in [2.24, 2.45) is 0 Å². The zero-order chi connectivity index (χ0) is 15.6. The summed E-state index contributed by atoms with van der Waals surface area (Å²) in [6.45, 7) is 2.83. The molecule has 0 aliphatic carbocycles. The number of nitriles is 1. The summed E-state index contributed by atoms with van der Waals surface area (Å²) in [6.07, 6.45) is 3.38. The van der Waals surface area contributed by atoms with E-state index in [0.717, 1.165) is 40.8 Å². The molecule has 1 saturated heterocycles. The quantitative estimate of drug-likeness (QED) is 0.758. The van der Waals surface area contributed by atoms with Crippen LogP contribution in [0.4, 0.5) is 0 Å². The van der Waals surface area contributed by atoms with E-state index in [1.807, 2.05) is 6.07 Å². The van der Waals surface area contributed by atoms with Crippen molar-refractivity contribution < 1.29 is 9.47 Å². The molecule has 0 aromatic carbocycles. The Bertz CT molecular complexity index is 892. The van der Waals surface area contributed by atoms with Crippen molar-refractivity contribution in [1.29, 1.82) is 5.26 Å². The predicted octanol–water partition coefficient (Wildman–Crippen LogP) is 1.35. The number of rotatable bonds is 3. The summed E-state index contributed by atoms with van der Waals surface area (Å²) in [7, 11) is 0. The minimum absolute atomic E-state index is 0.0357. The standard InChI is InChI=1S/C16H15N5O2/c17-6-10-5-12-13(8-20-10)21-16-15(12)14(1-2-19-16)23-9-11-7-18-3-4-22-11/h1-2,5,8,11,18H,3-4,7,9H2,(H,19,21). The average molecular weight is 309 g/mol. The van der Waals surface area contributed by atoms with Crippen LogP contribution in [0.3, 0.4) is 0 Å². The first-order chi connectivity index (χ1) is 11.3. The Morgan fingerprint density at radius 1 is 1.43 bits per heavy atom. The number of aromatic amines is 1. The molecule has 1 unspecified atom stereocenters. The van der Waals surface area contributed by atoms with Gasteiger partial charge in [0.15, 0.2) is 0 Å². The molecule has 3 aromatic heterocycles. The Kier molecular flexibility index (Phi) is 3.54. The second-order valence-electron chi connectivity index (χ2n) is 5.39. The van der Waals surface area contributed by atoms with Crippen LogP contribution in [0.2, 0.25) is 0 Å². The van der Waals surface area contributed by atoms with Crippen LogP contribution in [0.15, 0.2) is 24.5 Å². The maximum absolute atomic E-state index is 9.06. The fourth-order valence-electron chi connectivity index (χ4n) is 2.78.